The second-order valence-electron chi connectivity index (χ2n) is 7.40. The van der Waals surface area contributed by atoms with Crippen LogP contribution in [0.1, 0.15) is 32.4 Å². The molecule has 1 aromatic heterocycles. The van der Waals surface area contributed by atoms with Crippen molar-refractivity contribution in [2.75, 3.05) is 23.0 Å². The summed E-state index contributed by atoms with van der Waals surface area (Å²) in [6.45, 7) is 6.09. The molecule has 0 spiro atoms. The van der Waals surface area contributed by atoms with Gasteiger partial charge >= 0.3 is 0 Å². The first-order valence-electron chi connectivity index (χ1n) is 10.8. The minimum absolute atomic E-state index is 0.0695. The highest BCUT2D eigenvalue weighted by Crippen LogP contribution is 2.38. The number of carbonyl (C=O) groups is 1. The number of aromatic nitrogens is 3. The maximum atomic E-state index is 13.6. The molecular formula is C23H24N6O4S. The number of benzene rings is 2. The summed E-state index contributed by atoms with van der Waals surface area (Å²) in [6, 6.07) is 12.7. The van der Waals surface area contributed by atoms with Crippen LogP contribution in [0.15, 0.2) is 65.0 Å². The van der Waals surface area contributed by atoms with Gasteiger partial charge in [-0.2, -0.15) is 4.98 Å². The van der Waals surface area contributed by atoms with Crippen molar-refractivity contribution < 1.29 is 14.5 Å². The SMILES string of the molecule is CCOc1ccccc1NC(=O)C1=C(C)Nc2nc(SCC)nn2C1c1cccc([N+](=O)[O-])c1. The van der Waals surface area contributed by atoms with Crippen molar-refractivity contribution in [3.05, 3.63) is 75.5 Å². The number of fused-ring (bicyclic) bond motifs is 1. The van der Waals surface area contributed by atoms with Crippen molar-refractivity contribution in [3.8, 4) is 5.75 Å². The highest BCUT2D eigenvalue weighted by molar-refractivity contribution is 7.99. The van der Waals surface area contributed by atoms with Crippen molar-refractivity contribution in [2.45, 2.75) is 32.0 Å². The number of nitro benzene ring substituents is 1. The molecule has 2 aromatic carbocycles. The van der Waals surface area contributed by atoms with E-state index >= 15 is 0 Å². The lowest BCUT2D eigenvalue weighted by molar-refractivity contribution is -0.384. The molecule has 0 aliphatic carbocycles. The number of anilines is 2. The van der Waals surface area contributed by atoms with Gasteiger partial charge in [-0.15, -0.1) is 5.10 Å². The van der Waals surface area contributed by atoms with Gasteiger partial charge in [0.2, 0.25) is 11.1 Å². The van der Waals surface area contributed by atoms with Crippen LogP contribution in [0.5, 0.6) is 5.75 Å². The molecule has 1 aliphatic heterocycles. The standard InChI is InChI=1S/C23H24N6O4S/c1-4-33-18-12-7-6-11-17(18)25-21(30)19-14(3)24-22-26-23(34-5-2)27-28(22)20(19)15-9-8-10-16(13-15)29(31)32/h6-13,20H,4-5H2,1-3H3,(H,25,30)(H,24,26,27). The summed E-state index contributed by atoms with van der Waals surface area (Å²) in [5, 5.41) is 22.7. The molecule has 34 heavy (non-hydrogen) atoms. The second-order valence-corrected chi connectivity index (χ2v) is 8.63. The third kappa shape index (κ3) is 4.60. The van der Waals surface area contributed by atoms with E-state index in [0.717, 1.165) is 5.75 Å². The quantitative estimate of drug-likeness (QED) is 0.272. The predicted octanol–water partition coefficient (Wildman–Crippen LogP) is 4.62. The Bertz CT molecular complexity index is 1270. The normalized spacial score (nSPS) is 14.9. The van der Waals surface area contributed by atoms with E-state index < -0.39 is 11.0 Å². The van der Waals surface area contributed by atoms with Crippen molar-refractivity contribution in [1.82, 2.24) is 14.8 Å². The van der Waals surface area contributed by atoms with Crippen LogP contribution in [0.4, 0.5) is 17.3 Å². The molecule has 0 saturated carbocycles. The fourth-order valence-corrected chi connectivity index (χ4v) is 4.33. The van der Waals surface area contributed by atoms with E-state index in [1.165, 1.54) is 23.9 Å². The molecule has 1 aliphatic rings. The van der Waals surface area contributed by atoms with Gasteiger partial charge in [0.15, 0.2) is 0 Å². The molecule has 10 nitrogen and oxygen atoms in total. The van der Waals surface area contributed by atoms with Gasteiger partial charge < -0.3 is 15.4 Å². The minimum Gasteiger partial charge on any atom is -0.492 e. The molecule has 0 saturated heterocycles. The van der Waals surface area contributed by atoms with Gasteiger partial charge in [0.05, 0.1) is 22.8 Å². The molecule has 11 heteroatoms. The molecule has 176 valence electrons. The number of carbonyl (C=O) groups excluding carboxylic acids is 1. The molecule has 3 aromatic rings. The number of rotatable bonds is 8. The van der Waals surface area contributed by atoms with Gasteiger partial charge in [0.25, 0.3) is 11.6 Å². The van der Waals surface area contributed by atoms with Crippen molar-refractivity contribution >= 4 is 35.0 Å². The van der Waals surface area contributed by atoms with E-state index in [-0.39, 0.29) is 11.6 Å². The zero-order chi connectivity index (χ0) is 24.2. The number of amides is 1. The molecule has 4 rings (SSSR count). The van der Waals surface area contributed by atoms with E-state index in [1.807, 2.05) is 19.9 Å². The van der Waals surface area contributed by atoms with Crippen molar-refractivity contribution in [3.63, 3.8) is 0 Å². The molecule has 2 heterocycles. The fourth-order valence-electron chi connectivity index (χ4n) is 3.77. The second kappa shape index (κ2) is 9.96. The summed E-state index contributed by atoms with van der Waals surface area (Å²) in [5.74, 6) is 1.42. The van der Waals surface area contributed by atoms with Crippen LogP contribution < -0.4 is 15.4 Å². The van der Waals surface area contributed by atoms with Crippen molar-refractivity contribution in [2.24, 2.45) is 0 Å². The Hall–Kier alpha value is -3.86. The molecule has 1 unspecified atom stereocenters. The molecule has 1 atom stereocenters. The van der Waals surface area contributed by atoms with E-state index in [1.54, 1.807) is 41.9 Å². The Morgan fingerprint density at radius 1 is 1.26 bits per heavy atom. The first-order chi connectivity index (χ1) is 16.4. The Kier molecular flexibility index (Phi) is 6.82. The number of para-hydroxylation sites is 2. The van der Waals surface area contributed by atoms with Gasteiger partial charge in [-0.05, 0) is 37.3 Å². The van der Waals surface area contributed by atoms with E-state index in [0.29, 0.717) is 46.0 Å². The minimum atomic E-state index is -0.714. The Labute approximate surface area is 200 Å². The molecule has 2 N–H and O–H groups in total. The number of nitrogens with one attached hydrogen (secondary N) is 2. The number of allylic oxidation sites excluding steroid dienone is 1. The van der Waals surface area contributed by atoms with Crippen LogP contribution in [0.2, 0.25) is 0 Å². The summed E-state index contributed by atoms with van der Waals surface area (Å²) in [7, 11) is 0. The Morgan fingerprint density at radius 3 is 2.79 bits per heavy atom. The van der Waals surface area contributed by atoms with Gasteiger partial charge in [0, 0.05) is 17.8 Å². The van der Waals surface area contributed by atoms with Gasteiger partial charge in [-0.3, -0.25) is 14.9 Å². The largest absolute Gasteiger partial charge is 0.492 e. The predicted molar refractivity (Wildman–Crippen MR) is 130 cm³/mol. The highest BCUT2D eigenvalue weighted by atomic mass is 32.2. The van der Waals surface area contributed by atoms with Gasteiger partial charge in [-0.25, -0.2) is 4.68 Å². The summed E-state index contributed by atoms with van der Waals surface area (Å²) >= 11 is 1.47. The molecule has 0 radical (unpaired) electrons. The number of hydrogen-bond donors (Lipinski definition) is 2. The van der Waals surface area contributed by atoms with Crippen LogP contribution in [0.25, 0.3) is 0 Å². The highest BCUT2D eigenvalue weighted by Gasteiger charge is 2.35. The molecule has 1 amide bonds. The lowest BCUT2D eigenvalue weighted by Gasteiger charge is -2.28. The van der Waals surface area contributed by atoms with E-state index in [9.17, 15) is 14.9 Å². The summed E-state index contributed by atoms with van der Waals surface area (Å²) < 4.78 is 7.24. The van der Waals surface area contributed by atoms with Crippen LogP contribution in [0.3, 0.4) is 0 Å². The maximum absolute atomic E-state index is 13.6. The number of ether oxygens (including phenoxy) is 1. The number of thioether (sulfide) groups is 1. The lowest BCUT2D eigenvalue weighted by Crippen LogP contribution is -2.31. The smallest absolute Gasteiger partial charge is 0.269 e. The van der Waals surface area contributed by atoms with Crippen LogP contribution >= 0.6 is 11.8 Å². The zero-order valence-electron chi connectivity index (χ0n) is 18.9. The first kappa shape index (κ1) is 23.3. The zero-order valence-corrected chi connectivity index (χ0v) is 19.8. The van der Waals surface area contributed by atoms with Gasteiger partial charge in [0.1, 0.15) is 11.8 Å². The number of non-ortho nitro benzene ring substituents is 1. The third-order valence-corrected chi connectivity index (χ3v) is 5.90. The summed E-state index contributed by atoms with van der Waals surface area (Å²) in [5.41, 5.74) is 1.96. The van der Waals surface area contributed by atoms with Crippen LogP contribution in [-0.2, 0) is 4.79 Å². The molecule has 0 bridgehead atoms. The first-order valence-corrected chi connectivity index (χ1v) is 11.8. The van der Waals surface area contributed by atoms with Crippen LogP contribution in [-0.4, -0.2) is 38.0 Å². The summed E-state index contributed by atoms with van der Waals surface area (Å²) in [4.78, 5) is 29.1. The van der Waals surface area contributed by atoms with Gasteiger partial charge in [-0.1, -0.05) is 43.0 Å². The monoisotopic (exact) mass is 480 g/mol. The molecular weight excluding hydrogens is 456 g/mol. The van der Waals surface area contributed by atoms with E-state index in [4.69, 9.17) is 4.74 Å². The molecule has 0 fully saturated rings. The number of nitrogens with zero attached hydrogens (tertiary/aromatic N) is 4. The average molecular weight is 481 g/mol. The number of nitro groups is 1. The van der Waals surface area contributed by atoms with Crippen LogP contribution in [0, 0.1) is 10.1 Å². The fraction of sp³-hybridized carbons (Fsp3) is 0.261. The average Bonchev–Trinajstić information content (AvgIpc) is 3.21. The summed E-state index contributed by atoms with van der Waals surface area (Å²) in [6.07, 6.45) is 0. The number of hydrogen-bond acceptors (Lipinski definition) is 8. The Morgan fingerprint density at radius 2 is 2.06 bits per heavy atom. The van der Waals surface area contributed by atoms with E-state index in [2.05, 4.69) is 20.7 Å². The third-order valence-electron chi connectivity index (χ3n) is 5.18. The lowest BCUT2D eigenvalue weighted by atomic mass is 9.94. The topological polar surface area (TPSA) is 124 Å². The van der Waals surface area contributed by atoms with Crippen molar-refractivity contribution in [1.29, 1.82) is 0 Å². The maximum Gasteiger partial charge on any atom is 0.269 e. The Balaban J connectivity index is 1.80.